The minimum absolute atomic E-state index is 0.0469. The van der Waals surface area contributed by atoms with Crippen LogP contribution in [0.4, 0.5) is 0 Å². The summed E-state index contributed by atoms with van der Waals surface area (Å²) in [6, 6.07) is 13.3. The first-order valence-corrected chi connectivity index (χ1v) is 10.0. The Labute approximate surface area is 161 Å². The number of para-hydroxylation sites is 2. The van der Waals surface area contributed by atoms with Crippen LogP contribution in [-0.4, -0.2) is 25.0 Å². The summed E-state index contributed by atoms with van der Waals surface area (Å²) in [6.07, 6.45) is 0.803. The Kier molecular flexibility index (Phi) is 4.49. The molecule has 0 saturated heterocycles. The molecule has 0 radical (unpaired) electrons. The lowest BCUT2D eigenvalue weighted by atomic mass is 10.2. The van der Waals surface area contributed by atoms with Crippen LogP contribution in [0.5, 0.6) is 11.5 Å². The topological polar surface area (TPSA) is 78.4 Å². The second-order valence-corrected chi connectivity index (χ2v) is 8.35. The van der Waals surface area contributed by atoms with Gasteiger partial charge in [0.2, 0.25) is 9.84 Å². The van der Waals surface area contributed by atoms with Crippen LogP contribution < -0.4 is 9.47 Å². The molecule has 6 nitrogen and oxygen atoms in total. The standard InChI is InChI=1S/C19H15ClN2O4S/c1-12-18(27(23,24)14-8-6-13(20)7-9-14)10-21-19(22-12)17-11-25-15-4-2-3-5-16(15)26-17/h2-10,17H,11H2,1H3/t17-/m0/s1. The Balaban J connectivity index is 1.65. The lowest BCUT2D eigenvalue weighted by Crippen LogP contribution is -2.24. The highest BCUT2D eigenvalue weighted by molar-refractivity contribution is 7.91. The van der Waals surface area contributed by atoms with E-state index in [1.54, 1.807) is 13.0 Å². The van der Waals surface area contributed by atoms with Gasteiger partial charge in [-0.3, -0.25) is 0 Å². The number of rotatable bonds is 3. The summed E-state index contributed by atoms with van der Waals surface area (Å²) in [5.41, 5.74) is 0.345. The Morgan fingerprint density at radius 2 is 1.78 bits per heavy atom. The number of benzene rings is 2. The van der Waals surface area contributed by atoms with E-state index in [1.807, 2.05) is 18.2 Å². The minimum Gasteiger partial charge on any atom is -0.485 e. The molecule has 1 atom stereocenters. The van der Waals surface area contributed by atoms with Crippen LogP contribution in [0, 0.1) is 6.92 Å². The molecular formula is C19H15ClN2O4S. The number of fused-ring (bicyclic) bond motifs is 1. The maximum atomic E-state index is 12.8. The van der Waals surface area contributed by atoms with E-state index >= 15 is 0 Å². The maximum Gasteiger partial charge on any atom is 0.209 e. The fourth-order valence-corrected chi connectivity index (χ4v) is 4.28. The summed E-state index contributed by atoms with van der Waals surface area (Å²) in [4.78, 5) is 8.77. The number of halogens is 1. The third-order valence-electron chi connectivity index (χ3n) is 4.16. The highest BCUT2D eigenvalue weighted by atomic mass is 35.5. The van der Waals surface area contributed by atoms with Crippen molar-refractivity contribution >= 4 is 21.4 Å². The van der Waals surface area contributed by atoms with Gasteiger partial charge in [-0.1, -0.05) is 23.7 Å². The van der Waals surface area contributed by atoms with Gasteiger partial charge in [0, 0.05) is 5.02 Å². The van der Waals surface area contributed by atoms with E-state index in [-0.39, 0.29) is 16.4 Å². The Morgan fingerprint density at radius 3 is 2.48 bits per heavy atom. The molecule has 0 saturated carbocycles. The van der Waals surface area contributed by atoms with Gasteiger partial charge in [-0.2, -0.15) is 0 Å². The van der Waals surface area contributed by atoms with Crippen molar-refractivity contribution in [1.29, 1.82) is 0 Å². The highest BCUT2D eigenvalue weighted by Crippen LogP contribution is 2.35. The van der Waals surface area contributed by atoms with E-state index in [0.717, 1.165) is 0 Å². The van der Waals surface area contributed by atoms with E-state index < -0.39 is 15.9 Å². The fraction of sp³-hybridized carbons (Fsp3) is 0.158. The number of hydrogen-bond acceptors (Lipinski definition) is 6. The van der Waals surface area contributed by atoms with Crippen molar-refractivity contribution in [1.82, 2.24) is 9.97 Å². The van der Waals surface area contributed by atoms with Crippen molar-refractivity contribution in [2.24, 2.45) is 0 Å². The predicted molar refractivity (Wildman–Crippen MR) is 99.0 cm³/mol. The molecule has 0 bridgehead atoms. The van der Waals surface area contributed by atoms with E-state index in [0.29, 0.717) is 28.0 Å². The van der Waals surface area contributed by atoms with Gasteiger partial charge in [0.25, 0.3) is 0 Å². The van der Waals surface area contributed by atoms with Crippen LogP contribution in [0.15, 0.2) is 64.5 Å². The molecule has 27 heavy (non-hydrogen) atoms. The number of aryl methyl sites for hydroxylation is 1. The van der Waals surface area contributed by atoms with Crippen molar-refractivity contribution in [3.05, 3.63) is 71.3 Å². The van der Waals surface area contributed by atoms with Gasteiger partial charge in [-0.15, -0.1) is 0 Å². The summed E-state index contributed by atoms with van der Waals surface area (Å²) in [5.74, 6) is 1.64. The van der Waals surface area contributed by atoms with Crippen LogP contribution in [0.1, 0.15) is 17.6 Å². The second-order valence-electron chi connectivity index (χ2n) is 6.00. The molecule has 0 aliphatic carbocycles. The van der Waals surface area contributed by atoms with Crippen LogP contribution in [0.3, 0.4) is 0 Å². The molecule has 138 valence electrons. The van der Waals surface area contributed by atoms with Crippen LogP contribution in [0.25, 0.3) is 0 Å². The molecule has 1 aliphatic rings. The van der Waals surface area contributed by atoms with Gasteiger partial charge < -0.3 is 9.47 Å². The molecule has 3 aromatic rings. The van der Waals surface area contributed by atoms with Gasteiger partial charge in [-0.25, -0.2) is 18.4 Å². The fourth-order valence-electron chi connectivity index (χ4n) is 2.78. The first-order chi connectivity index (χ1) is 12.9. The summed E-state index contributed by atoms with van der Waals surface area (Å²) in [7, 11) is -3.74. The molecule has 0 N–H and O–H groups in total. The number of nitrogens with zero attached hydrogens (tertiary/aromatic N) is 2. The van der Waals surface area contributed by atoms with Crippen molar-refractivity contribution in [2.75, 3.05) is 6.61 Å². The summed E-state index contributed by atoms with van der Waals surface area (Å²) in [5, 5.41) is 0.465. The molecule has 2 heterocycles. The van der Waals surface area contributed by atoms with Crippen LogP contribution in [-0.2, 0) is 9.84 Å². The smallest absolute Gasteiger partial charge is 0.209 e. The maximum absolute atomic E-state index is 12.8. The summed E-state index contributed by atoms with van der Waals surface area (Å²) < 4.78 is 37.2. The van der Waals surface area contributed by atoms with Gasteiger partial charge >= 0.3 is 0 Å². The van der Waals surface area contributed by atoms with Crippen molar-refractivity contribution < 1.29 is 17.9 Å². The quantitative estimate of drug-likeness (QED) is 0.663. The molecule has 8 heteroatoms. The molecule has 2 aromatic carbocycles. The Bertz CT molecular complexity index is 1100. The summed E-state index contributed by atoms with van der Waals surface area (Å²) >= 11 is 5.84. The predicted octanol–water partition coefficient (Wildman–Crippen LogP) is 3.78. The second kappa shape index (κ2) is 6.83. The van der Waals surface area contributed by atoms with Crippen LogP contribution >= 0.6 is 11.6 Å². The number of sulfone groups is 1. The molecule has 1 aliphatic heterocycles. The molecule has 1 aromatic heterocycles. The van der Waals surface area contributed by atoms with E-state index in [1.165, 1.54) is 30.5 Å². The normalized spacial score (nSPS) is 16.1. The van der Waals surface area contributed by atoms with Crippen molar-refractivity contribution in [2.45, 2.75) is 22.8 Å². The largest absolute Gasteiger partial charge is 0.485 e. The van der Waals surface area contributed by atoms with Gasteiger partial charge in [0.1, 0.15) is 11.5 Å². The average Bonchev–Trinajstić information content (AvgIpc) is 2.67. The molecule has 0 spiro atoms. The lowest BCUT2D eigenvalue weighted by molar-refractivity contribution is 0.0848. The minimum atomic E-state index is -3.74. The first kappa shape index (κ1) is 17.8. The Hall–Kier alpha value is -2.64. The van der Waals surface area contributed by atoms with Crippen molar-refractivity contribution in [3.63, 3.8) is 0 Å². The molecular weight excluding hydrogens is 388 g/mol. The first-order valence-electron chi connectivity index (χ1n) is 8.18. The molecule has 0 unspecified atom stereocenters. The third kappa shape index (κ3) is 3.36. The molecule has 0 amide bonds. The molecule has 0 fully saturated rings. The van der Waals surface area contributed by atoms with E-state index in [4.69, 9.17) is 21.1 Å². The zero-order valence-electron chi connectivity index (χ0n) is 14.3. The lowest BCUT2D eigenvalue weighted by Gasteiger charge is -2.25. The number of ether oxygens (including phenoxy) is 2. The highest BCUT2D eigenvalue weighted by Gasteiger charge is 2.27. The van der Waals surface area contributed by atoms with Gasteiger partial charge in [-0.05, 0) is 43.3 Å². The summed E-state index contributed by atoms with van der Waals surface area (Å²) in [6.45, 7) is 1.88. The SMILES string of the molecule is Cc1nc([C@@H]2COc3ccccc3O2)ncc1S(=O)(=O)c1ccc(Cl)cc1. The monoisotopic (exact) mass is 402 g/mol. The zero-order chi connectivity index (χ0) is 19.0. The molecule has 4 rings (SSSR count). The van der Waals surface area contributed by atoms with Crippen molar-refractivity contribution in [3.8, 4) is 11.5 Å². The van der Waals surface area contributed by atoms with Crippen LogP contribution in [0.2, 0.25) is 5.02 Å². The Morgan fingerprint density at radius 1 is 1.07 bits per heavy atom. The van der Waals surface area contributed by atoms with Gasteiger partial charge in [0.05, 0.1) is 16.8 Å². The zero-order valence-corrected chi connectivity index (χ0v) is 15.9. The van der Waals surface area contributed by atoms with E-state index in [9.17, 15) is 8.42 Å². The van der Waals surface area contributed by atoms with Gasteiger partial charge in [0.15, 0.2) is 23.4 Å². The van der Waals surface area contributed by atoms with E-state index in [2.05, 4.69) is 9.97 Å². The number of hydrogen-bond donors (Lipinski definition) is 0. The third-order valence-corrected chi connectivity index (χ3v) is 6.29. The average molecular weight is 403 g/mol. The number of aromatic nitrogens is 2.